The molecule has 5 aliphatic rings. The highest BCUT2D eigenvalue weighted by molar-refractivity contribution is 6.31. The minimum Gasteiger partial charge on any atom is -0.478 e. The molecule has 6 aromatic carbocycles. The summed E-state index contributed by atoms with van der Waals surface area (Å²) in [5, 5.41) is 46.5. The van der Waals surface area contributed by atoms with Gasteiger partial charge in [0.25, 0.3) is 11.8 Å². The zero-order valence-electron chi connectivity index (χ0n) is 72.9. The number of aryl methyl sites for hydroxylation is 5. The number of aromatic nitrogens is 10. The molecule has 2 amide bonds. The Labute approximate surface area is 789 Å². The maximum Gasteiger partial charge on any atom is 0.436 e. The fourth-order valence-electron chi connectivity index (χ4n) is 15.9. The molecule has 730 valence electrons. The van der Waals surface area contributed by atoms with Crippen molar-refractivity contribution in [1.82, 2.24) is 59.5 Å². The molecule has 2 atom stereocenters. The third kappa shape index (κ3) is 24.6. The summed E-state index contributed by atoms with van der Waals surface area (Å²) in [4.78, 5) is 90.9. The molecular weight excluding hydrogens is 1930 g/mol. The highest BCUT2D eigenvalue weighted by Gasteiger charge is 2.49. The van der Waals surface area contributed by atoms with Crippen LogP contribution in [0.4, 0.5) is 94.9 Å². The SMILES string of the molecule is COC(=O)c1c(C(F)(F)F)nn2c1N(Cc1cccc(Cl)c1)CCC2.COC(=O)c1c(C(F)(F)F)nn2c1NCCC2.COC(=O)c1ccc([C@H](C)NC(=O)c2c(C(F)(F)F)nn3c2N(Cc2cccc(Cl)c2)CCC3)cc1.C[C@H](NC(=O)c1c(C(F)(F)F)nn2c1N(Cc1cccc(Cl)c1)CCC2)c1ccc(C(=O)O)cc1.O=C(O)c1c(C(F)(F)F)nn2c1N(Cc1cccc(Cl)c1)CCC2. The van der Waals surface area contributed by atoms with Gasteiger partial charge < -0.3 is 60.0 Å². The maximum atomic E-state index is 14.0. The van der Waals surface area contributed by atoms with Crippen LogP contribution in [0.15, 0.2) is 146 Å². The van der Waals surface area contributed by atoms with Crippen molar-refractivity contribution in [3.05, 3.63) is 266 Å². The Morgan fingerprint density at radius 1 is 0.358 bits per heavy atom. The number of hydrogen-bond acceptors (Lipinski definition) is 20. The normalized spacial score (nSPS) is 14.5. The minimum atomic E-state index is -4.83. The van der Waals surface area contributed by atoms with Gasteiger partial charge >= 0.3 is 60.7 Å². The van der Waals surface area contributed by atoms with Crippen LogP contribution in [0.5, 0.6) is 0 Å². The molecule has 16 rings (SSSR count). The first kappa shape index (κ1) is 103. The first-order valence-corrected chi connectivity index (χ1v) is 43.3. The lowest BCUT2D eigenvalue weighted by atomic mass is 10.0. The molecule has 0 spiro atoms. The largest absolute Gasteiger partial charge is 0.478 e. The molecule has 0 saturated carbocycles. The minimum absolute atomic E-state index is 0.0129. The first-order chi connectivity index (χ1) is 64.6. The van der Waals surface area contributed by atoms with Gasteiger partial charge in [0.2, 0.25) is 0 Å². The Balaban J connectivity index is 0.000000157. The van der Waals surface area contributed by atoms with Gasteiger partial charge in [-0.25, -0.2) is 47.4 Å². The molecule has 137 heavy (non-hydrogen) atoms. The second kappa shape index (κ2) is 43.0. The van der Waals surface area contributed by atoms with E-state index >= 15 is 0 Å². The van der Waals surface area contributed by atoms with E-state index in [4.69, 9.17) is 51.5 Å². The number of alkyl halides is 15. The van der Waals surface area contributed by atoms with E-state index < -0.39 is 141 Å². The lowest BCUT2D eigenvalue weighted by Gasteiger charge is -2.30. The van der Waals surface area contributed by atoms with Crippen LogP contribution in [0, 0.1) is 0 Å². The maximum absolute atomic E-state index is 14.0. The summed E-state index contributed by atoms with van der Waals surface area (Å²) in [5.41, 5.74) is -4.42. The highest BCUT2D eigenvalue weighted by atomic mass is 35.5. The van der Waals surface area contributed by atoms with Crippen LogP contribution in [0.3, 0.4) is 0 Å². The van der Waals surface area contributed by atoms with Crippen LogP contribution < -0.4 is 35.6 Å². The average molecular weight is 2010 g/mol. The van der Waals surface area contributed by atoms with Crippen LogP contribution in [0.1, 0.15) is 192 Å². The highest BCUT2D eigenvalue weighted by Crippen LogP contribution is 2.45. The van der Waals surface area contributed by atoms with E-state index in [-0.39, 0.29) is 73.9 Å². The van der Waals surface area contributed by atoms with Crippen molar-refractivity contribution in [2.24, 2.45) is 0 Å². The van der Waals surface area contributed by atoms with E-state index in [1.54, 1.807) is 124 Å². The van der Waals surface area contributed by atoms with E-state index in [0.29, 0.717) is 121 Å². The lowest BCUT2D eigenvalue weighted by Crippen LogP contribution is -2.35. The van der Waals surface area contributed by atoms with Crippen LogP contribution in [-0.2, 0) is 104 Å². The third-order valence-electron chi connectivity index (χ3n) is 21.9. The number of aromatic carboxylic acids is 2. The molecule has 0 saturated heterocycles. The van der Waals surface area contributed by atoms with Gasteiger partial charge in [-0.15, -0.1) is 0 Å². The summed E-state index contributed by atoms with van der Waals surface area (Å²) in [6.07, 6.45) is -20.9. The topological polar surface area (TPSA) is 326 Å². The number of carbonyl (C=O) groups excluding carboxylic acids is 5. The number of fused-ring (bicyclic) bond motifs is 5. The molecule has 11 aromatic rings. The molecule has 10 heterocycles. The van der Waals surface area contributed by atoms with E-state index in [2.05, 4.69) is 55.7 Å². The number of carboxylic acid groups (broad SMARTS) is 2. The fraction of sp³-hybridized carbons (Fsp3) is 0.348. The van der Waals surface area contributed by atoms with Gasteiger partial charge in [-0.2, -0.15) is 91.3 Å². The van der Waals surface area contributed by atoms with Gasteiger partial charge in [0.05, 0.1) is 44.5 Å². The number of halogens is 19. The number of carboxylic acids is 2. The molecular formula is C89H84Cl4F15N17O12. The first-order valence-electron chi connectivity index (χ1n) is 41.8. The predicted molar refractivity (Wildman–Crippen MR) is 470 cm³/mol. The molecule has 5 aliphatic heterocycles. The molecule has 0 bridgehead atoms. The standard InChI is InChI=1S/C25H24ClF3N4O3.C24H22ClF3N4O3.C16H15ClF3N3O2.C15H13ClF3N3O2.C9H10F3N3O2/c1-15(17-7-9-18(10-8-17)24(35)36-2)30-22(34)20-21(25(27,28)29)31-33-12-4-11-32(23(20)33)14-16-5-3-6-19(26)13-16;1-14(16-6-8-17(9-7-16)23(34)35)29-21(33)19-20(24(26,27)28)30-32-11-3-10-31(22(19)32)13-15-4-2-5-18(25)12-15;1-25-15(24)12-13(16(18,19)20)21-23-7-3-6-22(14(12)23)9-10-4-2-5-11(17)8-10;16-10-4-1-3-9(7-10)8-21-5-2-6-22-13(21)11(14(23)24)12(20-22)15(17,18)19;1-17-8(16)5-6(9(10,11)12)14-15-4-2-3-13-7(5)15/h3,5-10,13,15H,4,11-12,14H2,1-2H3,(H,30,34);2,4-9,12,14H,3,10-11,13H2,1H3,(H,29,33)(H,34,35);2,4-5,8H,3,6-7,9H2,1H3;1,3-4,7H,2,5-6,8H2,(H,23,24);13H,2-4H2,1H3/t15-;14-;;;/m00.../s1. The Hall–Kier alpha value is -13.2. The monoisotopic (exact) mass is 2010 g/mol. The summed E-state index contributed by atoms with van der Waals surface area (Å²) in [6.45, 7) is 8.14. The van der Waals surface area contributed by atoms with Gasteiger partial charge in [0, 0.05) is 112 Å². The number of amides is 2. The number of benzene rings is 6. The van der Waals surface area contributed by atoms with Crippen LogP contribution in [0.2, 0.25) is 20.1 Å². The van der Waals surface area contributed by atoms with Crippen LogP contribution in [0.25, 0.3) is 0 Å². The number of ether oxygens (including phenoxy) is 3. The molecule has 0 fully saturated rings. The Morgan fingerprint density at radius 2 is 0.635 bits per heavy atom. The third-order valence-corrected chi connectivity index (χ3v) is 22.8. The molecule has 5 aromatic heterocycles. The molecule has 48 heteroatoms. The van der Waals surface area contributed by atoms with E-state index in [9.17, 15) is 105 Å². The van der Waals surface area contributed by atoms with Crippen LogP contribution in [-0.4, -0.2) is 155 Å². The van der Waals surface area contributed by atoms with E-state index in [1.165, 1.54) is 57.6 Å². The number of anilines is 5. The Kier molecular flexibility index (Phi) is 32.2. The van der Waals surface area contributed by atoms with Crippen molar-refractivity contribution in [3.63, 3.8) is 0 Å². The van der Waals surface area contributed by atoms with Crippen LogP contribution >= 0.6 is 46.4 Å². The summed E-state index contributed by atoms with van der Waals surface area (Å²) in [6, 6.07) is 38.7. The molecule has 5 N–H and O–H groups in total. The second-order valence-corrected chi connectivity index (χ2v) is 33.2. The van der Waals surface area contributed by atoms with Gasteiger partial charge in [0.15, 0.2) is 28.5 Å². The zero-order chi connectivity index (χ0) is 99.7. The van der Waals surface area contributed by atoms with E-state index in [1.807, 2.05) is 18.2 Å². The molecule has 29 nitrogen and oxygen atoms in total. The number of esters is 3. The lowest BCUT2D eigenvalue weighted by molar-refractivity contribution is -0.142. The second-order valence-electron chi connectivity index (χ2n) is 31.5. The smallest absolute Gasteiger partial charge is 0.436 e. The summed E-state index contributed by atoms with van der Waals surface area (Å²) < 4.78 is 221. The van der Waals surface area contributed by atoms with Gasteiger partial charge in [0.1, 0.15) is 56.9 Å². The van der Waals surface area contributed by atoms with Gasteiger partial charge in [-0.05, 0) is 152 Å². The summed E-state index contributed by atoms with van der Waals surface area (Å²) >= 11 is 24.1. The van der Waals surface area contributed by atoms with E-state index in [0.717, 1.165) is 45.8 Å². The number of methoxy groups -OCH3 is 3. The zero-order valence-corrected chi connectivity index (χ0v) is 75.9. The molecule has 0 unspecified atom stereocenters. The number of nitrogens with zero attached hydrogens (tertiary/aromatic N) is 14. The number of hydrogen-bond donors (Lipinski definition) is 5. The molecule has 0 radical (unpaired) electrons. The van der Waals surface area contributed by atoms with Crippen molar-refractivity contribution >= 4 is 117 Å². The summed E-state index contributed by atoms with van der Waals surface area (Å²) in [7, 11) is 3.35. The summed E-state index contributed by atoms with van der Waals surface area (Å²) in [5.74, 6) is -6.71. The van der Waals surface area contributed by atoms with Crippen molar-refractivity contribution in [2.45, 2.75) is 148 Å². The predicted octanol–water partition coefficient (Wildman–Crippen LogP) is 19.3. The van der Waals surface area contributed by atoms with Crippen molar-refractivity contribution in [2.75, 3.05) is 79.0 Å². The Bertz CT molecular complexity index is 6260. The fourth-order valence-corrected chi connectivity index (χ4v) is 16.8. The van der Waals surface area contributed by atoms with Crippen molar-refractivity contribution in [1.29, 1.82) is 0 Å². The number of rotatable bonds is 19. The van der Waals surface area contributed by atoms with Gasteiger partial charge in [-0.1, -0.05) is 119 Å². The number of nitrogens with one attached hydrogen (secondary N) is 3. The quantitative estimate of drug-likeness (QED) is 0.0285. The Morgan fingerprint density at radius 3 is 0.942 bits per heavy atom. The number of carbonyl (C=O) groups is 7. The average Bonchev–Trinajstić information content (AvgIpc) is 1.61. The van der Waals surface area contributed by atoms with Crippen molar-refractivity contribution < 1.29 is 124 Å². The molecule has 0 aliphatic carbocycles. The van der Waals surface area contributed by atoms with Gasteiger partial charge in [-0.3, -0.25) is 9.59 Å². The van der Waals surface area contributed by atoms with Crippen molar-refractivity contribution in [3.8, 4) is 0 Å².